The number of amides is 1. The molecule has 0 aliphatic carbocycles. The van der Waals surface area contributed by atoms with E-state index in [2.05, 4.69) is 5.32 Å². The highest BCUT2D eigenvalue weighted by atomic mass is 32.2. The second-order valence-electron chi connectivity index (χ2n) is 6.98. The first-order valence-electron chi connectivity index (χ1n) is 8.50. The van der Waals surface area contributed by atoms with Crippen molar-refractivity contribution in [2.75, 3.05) is 6.26 Å². The average Bonchev–Trinajstić information content (AvgIpc) is 2.60. The molecule has 2 rings (SSSR count). The highest BCUT2D eigenvalue weighted by Crippen LogP contribution is 2.17. The lowest BCUT2D eigenvalue weighted by atomic mass is 9.98. The molecule has 0 spiro atoms. The summed E-state index contributed by atoms with van der Waals surface area (Å²) >= 11 is 1.62. The third-order valence-electron chi connectivity index (χ3n) is 3.66. The molecule has 0 aliphatic rings. The lowest BCUT2D eigenvalue weighted by Crippen LogP contribution is -2.44. The van der Waals surface area contributed by atoms with Gasteiger partial charge in [-0.2, -0.15) is 0 Å². The van der Waals surface area contributed by atoms with Gasteiger partial charge in [0, 0.05) is 16.9 Å². The third kappa shape index (κ3) is 6.23. The van der Waals surface area contributed by atoms with Crippen molar-refractivity contribution >= 4 is 23.6 Å². The van der Waals surface area contributed by atoms with Gasteiger partial charge in [-0.3, -0.25) is 4.79 Å². The maximum atomic E-state index is 13.0. The van der Waals surface area contributed by atoms with Crippen LogP contribution < -0.4 is 5.32 Å². The van der Waals surface area contributed by atoms with Crippen molar-refractivity contribution in [1.29, 1.82) is 0 Å². The lowest BCUT2D eigenvalue weighted by Gasteiger charge is -2.23. The first-order valence-corrected chi connectivity index (χ1v) is 9.72. The van der Waals surface area contributed by atoms with E-state index in [0.29, 0.717) is 12.0 Å². The standard InChI is InChI=1S/C21H25NO3S/c1-21(2,3)25-20(24)22-18(14-15-8-6-5-7-9-15)19(23)16-10-12-17(26-4)13-11-16/h5-13,18H,14H2,1-4H3,(H,22,24)/t18-/m0/s1. The molecule has 138 valence electrons. The summed E-state index contributed by atoms with van der Waals surface area (Å²) in [4.78, 5) is 26.3. The van der Waals surface area contributed by atoms with Gasteiger partial charge in [-0.15, -0.1) is 11.8 Å². The predicted molar refractivity (Wildman–Crippen MR) is 106 cm³/mol. The van der Waals surface area contributed by atoms with Crippen molar-refractivity contribution < 1.29 is 14.3 Å². The van der Waals surface area contributed by atoms with Gasteiger partial charge < -0.3 is 10.1 Å². The Labute approximate surface area is 159 Å². The van der Waals surface area contributed by atoms with Crippen molar-refractivity contribution in [2.45, 2.75) is 43.7 Å². The number of Topliss-reactive ketones (excluding diaryl/α,β-unsaturated/α-hetero) is 1. The molecule has 26 heavy (non-hydrogen) atoms. The molecule has 0 aliphatic heterocycles. The van der Waals surface area contributed by atoms with Gasteiger partial charge in [0.2, 0.25) is 0 Å². The molecule has 1 amide bonds. The Morgan fingerprint density at radius 1 is 1.04 bits per heavy atom. The van der Waals surface area contributed by atoms with Crippen molar-refractivity contribution in [1.82, 2.24) is 5.32 Å². The van der Waals surface area contributed by atoms with E-state index >= 15 is 0 Å². The second-order valence-corrected chi connectivity index (χ2v) is 7.86. The van der Waals surface area contributed by atoms with Gasteiger partial charge in [-0.25, -0.2) is 4.79 Å². The Hall–Kier alpha value is -2.27. The van der Waals surface area contributed by atoms with Gasteiger partial charge >= 0.3 is 6.09 Å². The first-order chi connectivity index (χ1) is 12.3. The Kier molecular flexibility index (Phi) is 6.86. The molecule has 0 fully saturated rings. The zero-order valence-corrected chi connectivity index (χ0v) is 16.4. The maximum Gasteiger partial charge on any atom is 0.408 e. The summed E-state index contributed by atoms with van der Waals surface area (Å²) in [5.74, 6) is -0.132. The number of ether oxygens (including phenoxy) is 1. The van der Waals surface area contributed by atoms with Gasteiger partial charge in [0.25, 0.3) is 0 Å². The minimum Gasteiger partial charge on any atom is -0.444 e. The van der Waals surface area contributed by atoms with Crippen LogP contribution in [0.15, 0.2) is 59.5 Å². The molecule has 0 radical (unpaired) electrons. The molecular formula is C21H25NO3S. The summed E-state index contributed by atoms with van der Waals surface area (Å²) in [5, 5.41) is 2.73. The summed E-state index contributed by atoms with van der Waals surface area (Å²) in [7, 11) is 0. The monoisotopic (exact) mass is 371 g/mol. The first kappa shape index (κ1) is 20.0. The summed E-state index contributed by atoms with van der Waals surface area (Å²) in [6.07, 6.45) is 1.80. The van der Waals surface area contributed by atoms with E-state index in [4.69, 9.17) is 4.74 Å². The van der Waals surface area contributed by atoms with E-state index in [-0.39, 0.29) is 5.78 Å². The van der Waals surface area contributed by atoms with Crippen molar-refractivity contribution in [2.24, 2.45) is 0 Å². The van der Waals surface area contributed by atoms with Crippen LogP contribution in [0.3, 0.4) is 0 Å². The smallest absolute Gasteiger partial charge is 0.408 e. The van der Waals surface area contributed by atoms with Crippen LogP contribution in [0.4, 0.5) is 4.79 Å². The van der Waals surface area contributed by atoms with Gasteiger partial charge in [0.15, 0.2) is 5.78 Å². The predicted octanol–water partition coefficient (Wildman–Crippen LogP) is 4.73. The lowest BCUT2D eigenvalue weighted by molar-refractivity contribution is 0.0491. The van der Waals surface area contributed by atoms with Crippen LogP contribution in [0.1, 0.15) is 36.7 Å². The number of nitrogens with one attached hydrogen (secondary N) is 1. The maximum absolute atomic E-state index is 13.0. The topological polar surface area (TPSA) is 55.4 Å². The van der Waals surface area contributed by atoms with Gasteiger partial charge in [0.1, 0.15) is 5.60 Å². The Bertz CT molecular complexity index is 736. The number of carbonyl (C=O) groups is 2. The van der Waals surface area contributed by atoms with E-state index < -0.39 is 17.7 Å². The normalized spacial score (nSPS) is 12.3. The molecule has 0 saturated heterocycles. The molecule has 0 aromatic heterocycles. The Morgan fingerprint density at radius 3 is 2.19 bits per heavy atom. The highest BCUT2D eigenvalue weighted by Gasteiger charge is 2.25. The molecule has 1 N–H and O–H groups in total. The SMILES string of the molecule is CSc1ccc(C(=O)[C@H](Cc2ccccc2)NC(=O)OC(C)(C)C)cc1. The molecule has 0 unspecified atom stereocenters. The fourth-order valence-corrected chi connectivity index (χ4v) is 2.87. The second kappa shape index (κ2) is 8.90. The Morgan fingerprint density at radius 2 is 1.65 bits per heavy atom. The zero-order valence-electron chi connectivity index (χ0n) is 15.6. The summed E-state index contributed by atoms with van der Waals surface area (Å²) < 4.78 is 5.32. The van der Waals surface area contributed by atoms with E-state index in [1.54, 1.807) is 44.7 Å². The quantitative estimate of drug-likeness (QED) is 0.589. The number of rotatable bonds is 6. The van der Waals surface area contributed by atoms with Gasteiger partial charge in [-0.05, 0) is 44.7 Å². The minimum atomic E-state index is -0.688. The summed E-state index contributed by atoms with van der Waals surface area (Å²) in [6.45, 7) is 5.38. The fourth-order valence-electron chi connectivity index (χ4n) is 2.47. The van der Waals surface area contributed by atoms with Gasteiger partial charge in [-0.1, -0.05) is 42.5 Å². The molecule has 2 aromatic carbocycles. The summed E-state index contributed by atoms with van der Waals surface area (Å²) in [5.41, 5.74) is 0.923. The molecule has 0 bridgehead atoms. The summed E-state index contributed by atoms with van der Waals surface area (Å²) in [6, 6.07) is 16.3. The number of ketones is 1. The van der Waals surface area contributed by atoms with Crippen LogP contribution in [-0.2, 0) is 11.2 Å². The number of benzene rings is 2. The number of hydrogen-bond acceptors (Lipinski definition) is 4. The largest absolute Gasteiger partial charge is 0.444 e. The minimum absolute atomic E-state index is 0.132. The molecule has 0 saturated carbocycles. The number of thioether (sulfide) groups is 1. The fraction of sp³-hybridized carbons (Fsp3) is 0.333. The number of alkyl carbamates (subject to hydrolysis) is 1. The van der Waals surface area contributed by atoms with E-state index in [9.17, 15) is 9.59 Å². The molecule has 4 nitrogen and oxygen atoms in total. The molecule has 5 heteroatoms. The molecule has 1 atom stereocenters. The molecule has 2 aromatic rings. The zero-order chi connectivity index (χ0) is 19.2. The van der Waals surface area contributed by atoms with Crippen LogP contribution in [0.25, 0.3) is 0 Å². The van der Waals surface area contributed by atoms with Crippen molar-refractivity contribution in [3.63, 3.8) is 0 Å². The van der Waals surface area contributed by atoms with Crippen LogP contribution in [-0.4, -0.2) is 29.8 Å². The third-order valence-corrected chi connectivity index (χ3v) is 4.41. The van der Waals surface area contributed by atoms with E-state index in [1.165, 1.54) is 0 Å². The van der Waals surface area contributed by atoms with E-state index in [0.717, 1.165) is 10.5 Å². The van der Waals surface area contributed by atoms with Crippen molar-refractivity contribution in [3.8, 4) is 0 Å². The van der Waals surface area contributed by atoms with Crippen LogP contribution in [0.2, 0.25) is 0 Å². The Balaban J connectivity index is 2.20. The highest BCUT2D eigenvalue weighted by molar-refractivity contribution is 7.98. The van der Waals surface area contributed by atoms with E-state index in [1.807, 2.05) is 48.7 Å². The van der Waals surface area contributed by atoms with Gasteiger partial charge in [0.05, 0.1) is 6.04 Å². The molecule has 0 heterocycles. The van der Waals surface area contributed by atoms with Crippen LogP contribution in [0, 0.1) is 0 Å². The van der Waals surface area contributed by atoms with Crippen molar-refractivity contribution in [3.05, 3.63) is 65.7 Å². The number of carbonyl (C=O) groups excluding carboxylic acids is 2. The average molecular weight is 372 g/mol. The van der Waals surface area contributed by atoms with Crippen LogP contribution >= 0.6 is 11.8 Å². The van der Waals surface area contributed by atoms with Crippen LogP contribution in [0.5, 0.6) is 0 Å². The molecular weight excluding hydrogens is 346 g/mol. The number of hydrogen-bond donors (Lipinski definition) is 1.